The van der Waals surface area contributed by atoms with E-state index < -0.39 is 18.8 Å². The third-order valence-electron chi connectivity index (χ3n) is 1.55. The average molecular weight is 155 g/mol. The van der Waals surface area contributed by atoms with Crippen LogP contribution in [-0.4, -0.2) is 12.9 Å². The van der Waals surface area contributed by atoms with Gasteiger partial charge in [0.05, 0.1) is 5.92 Å². The Morgan fingerprint density at radius 3 is 1.40 bits per heavy atom. The fourth-order valence-corrected chi connectivity index (χ4v) is 0.872. The maximum absolute atomic E-state index is 11.7. The van der Waals surface area contributed by atoms with E-state index in [-0.39, 0.29) is 0 Å². The highest BCUT2D eigenvalue weighted by Crippen LogP contribution is 2.44. The van der Waals surface area contributed by atoms with Crippen LogP contribution in [0, 0.1) is 11.8 Å². The molecule has 1 fully saturated rings. The number of hydrogen-bond donors (Lipinski definition) is 0. The topological polar surface area (TPSA) is 0 Å². The predicted octanol–water partition coefficient (Wildman–Crippen LogP) is 2.50. The minimum atomic E-state index is -2.89. The molecule has 0 aromatic carbocycles. The van der Waals surface area contributed by atoms with Crippen LogP contribution in [0.5, 0.6) is 0 Å². The van der Waals surface area contributed by atoms with E-state index in [4.69, 9.17) is 0 Å². The Balaban J connectivity index is 2.41. The largest absolute Gasteiger partial charge is 0.247 e. The van der Waals surface area contributed by atoms with E-state index in [1.54, 1.807) is 0 Å². The van der Waals surface area contributed by atoms with Gasteiger partial charge in [-0.05, 0) is 18.8 Å². The van der Waals surface area contributed by atoms with Crippen molar-refractivity contribution in [3.8, 4) is 0 Å². The number of alkyl halides is 4. The summed E-state index contributed by atoms with van der Waals surface area (Å²) in [5.41, 5.74) is 0. The van der Waals surface area contributed by atoms with Crippen LogP contribution >= 0.6 is 0 Å². The summed E-state index contributed by atoms with van der Waals surface area (Å²) in [6, 6.07) is 0. The molecule has 0 aromatic rings. The zero-order chi connectivity index (χ0) is 7.72. The highest BCUT2D eigenvalue weighted by atomic mass is 19.3. The van der Waals surface area contributed by atoms with Crippen LogP contribution in [0.4, 0.5) is 17.6 Å². The van der Waals surface area contributed by atoms with Gasteiger partial charge in [0.15, 0.2) is 0 Å². The van der Waals surface area contributed by atoms with Crippen molar-refractivity contribution in [2.75, 3.05) is 0 Å². The second-order valence-corrected chi connectivity index (χ2v) is 2.35. The Morgan fingerprint density at radius 1 is 0.900 bits per heavy atom. The Morgan fingerprint density at radius 2 is 1.30 bits per heavy atom. The Bertz CT molecular complexity index is 97.6. The first kappa shape index (κ1) is 7.82. The lowest BCUT2D eigenvalue weighted by molar-refractivity contribution is -0.0127. The van der Waals surface area contributed by atoms with Gasteiger partial charge >= 0.3 is 0 Å². The van der Waals surface area contributed by atoms with Crippen molar-refractivity contribution < 1.29 is 17.6 Å². The van der Waals surface area contributed by atoms with Gasteiger partial charge in [-0.15, -0.1) is 0 Å². The first-order chi connectivity index (χ1) is 4.63. The van der Waals surface area contributed by atoms with Crippen molar-refractivity contribution in [3.63, 3.8) is 0 Å². The molecule has 0 unspecified atom stereocenters. The van der Waals surface area contributed by atoms with Gasteiger partial charge in [0.1, 0.15) is 0 Å². The molecule has 0 atom stereocenters. The van der Waals surface area contributed by atoms with Crippen molar-refractivity contribution >= 4 is 0 Å². The first-order valence-corrected chi connectivity index (χ1v) is 3.04. The van der Waals surface area contributed by atoms with Crippen LogP contribution in [0.15, 0.2) is 0 Å². The van der Waals surface area contributed by atoms with Gasteiger partial charge in [-0.1, -0.05) is 0 Å². The van der Waals surface area contributed by atoms with E-state index in [1.807, 2.05) is 0 Å². The monoisotopic (exact) mass is 155 g/mol. The maximum Gasteiger partial charge on any atom is 0.247 e. The lowest BCUT2D eigenvalue weighted by Crippen LogP contribution is -2.20. The van der Waals surface area contributed by atoms with Crippen LogP contribution in [0.1, 0.15) is 12.8 Å². The highest BCUT2D eigenvalue weighted by molar-refractivity contribution is 5.11. The molecule has 0 saturated heterocycles. The van der Waals surface area contributed by atoms with Crippen LogP contribution in [-0.2, 0) is 0 Å². The molecular weight excluding hydrogens is 148 g/mol. The summed E-state index contributed by atoms with van der Waals surface area (Å²) in [5, 5.41) is 0. The molecular formula is C6H7F4. The number of halogens is 4. The molecule has 0 aromatic heterocycles. The smallest absolute Gasteiger partial charge is 0.210 e. The summed E-state index contributed by atoms with van der Waals surface area (Å²) >= 11 is 0. The van der Waals surface area contributed by atoms with E-state index >= 15 is 0 Å². The Kier molecular flexibility index (Phi) is 2.16. The van der Waals surface area contributed by atoms with Gasteiger partial charge in [-0.2, -0.15) is 0 Å². The lowest BCUT2D eigenvalue weighted by Gasteiger charge is -2.12. The minimum Gasteiger partial charge on any atom is -0.210 e. The van der Waals surface area contributed by atoms with Crippen molar-refractivity contribution in [3.05, 3.63) is 5.92 Å². The van der Waals surface area contributed by atoms with Crippen molar-refractivity contribution in [1.82, 2.24) is 0 Å². The summed E-state index contributed by atoms with van der Waals surface area (Å²) in [6.07, 6.45) is -4.87. The van der Waals surface area contributed by atoms with Gasteiger partial charge in [0.2, 0.25) is 12.9 Å². The third-order valence-corrected chi connectivity index (χ3v) is 1.55. The second-order valence-electron chi connectivity index (χ2n) is 2.35. The van der Waals surface area contributed by atoms with Crippen molar-refractivity contribution in [1.29, 1.82) is 0 Å². The van der Waals surface area contributed by atoms with Crippen molar-refractivity contribution in [2.45, 2.75) is 25.7 Å². The Hall–Kier alpha value is -0.280. The molecule has 1 radical (unpaired) electrons. The van der Waals surface area contributed by atoms with E-state index in [1.165, 1.54) is 0 Å². The second kappa shape index (κ2) is 2.76. The summed E-state index contributed by atoms with van der Waals surface area (Å²) in [4.78, 5) is 0. The normalized spacial score (nSPS) is 19.5. The minimum absolute atomic E-state index is 0.324. The van der Waals surface area contributed by atoms with Crippen LogP contribution in [0.25, 0.3) is 0 Å². The molecule has 0 amide bonds. The Labute approximate surface area is 56.2 Å². The predicted molar refractivity (Wildman–Crippen MR) is 28.0 cm³/mol. The first-order valence-electron chi connectivity index (χ1n) is 3.04. The molecule has 1 aliphatic rings. The molecule has 0 nitrogen and oxygen atoms in total. The average Bonchev–Trinajstić information content (AvgIpc) is 2.46. The molecule has 0 N–H and O–H groups in total. The lowest BCUT2D eigenvalue weighted by atomic mass is 10.1. The molecule has 1 rings (SSSR count). The van der Waals surface area contributed by atoms with Gasteiger partial charge in [-0.3, -0.25) is 0 Å². The summed E-state index contributed by atoms with van der Waals surface area (Å²) in [5.74, 6) is -1.43. The standard InChI is InChI=1S/C6H7F4/c7-5(8)4(6(9)10)3-1-2-3/h4-6H,1-2H2. The number of hydrogen-bond acceptors (Lipinski definition) is 0. The molecule has 0 heterocycles. The molecule has 0 aliphatic heterocycles. The van der Waals surface area contributed by atoms with Gasteiger partial charge < -0.3 is 0 Å². The van der Waals surface area contributed by atoms with E-state index in [2.05, 4.69) is 0 Å². The molecule has 10 heavy (non-hydrogen) atoms. The molecule has 0 bridgehead atoms. The van der Waals surface area contributed by atoms with E-state index in [9.17, 15) is 17.6 Å². The zero-order valence-corrected chi connectivity index (χ0v) is 5.16. The summed E-state index contributed by atoms with van der Waals surface area (Å²) in [7, 11) is 0. The van der Waals surface area contributed by atoms with E-state index in [0.717, 1.165) is 0 Å². The van der Waals surface area contributed by atoms with Crippen LogP contribution in [0.2, 0.25) is 0 Å². The molecule has 4 heteroatoms. The summed E-state index contributed by atoms with van der Waals surface area (Å²) < 4.78 is 47.0. The van der Waals surface area contributed by atoms with Gasteiger partial charge in [0.25, 0.3) is 0 Å². The van der Waals surface area contributed by atoms with E-state index in [0.29, 0.717) is 18.8 Å². The van der Waals surface area contributed by atoms with Crippen molar-refractivity contribution in [2.24, 2.45) is 5.92 Å². The third kappa shape index (κ3) is 1.61. The van der Waals surface area contributed by atoms with Crippen LogP contribution in [0.3, 0.4) is 0 Å². The number of rotatable bonds is 3. The SMILES string of the molecule is FC(F)C([C]1CC1)C(F)F. The quantitative estimate of drug-likeness (QED) is 0.549. The fourth-order valence-electron chi connectivity index (χ4n) is 0.872. The molecule has 0 spiro atoms. The molecule has 59 valence electrons. The van der Waals surface area contributed by atoms with Gasteiger partial charge in [-0.25, -0.2) is 17.6 Å². The zero-order valence-electron chi connectivity index (χ0n) is 5.16. The highest BCUT2D eigenvalue weighted by Gasteiger charge is 2.43. The molecule has 1 aliphatic carbocycles. The van der Waals surface area contributed by atoms with Crippen LogP contribution < -0.4 is 0 Å². The van der Waals surface area contributed by atoms with Gasteiger partial charge in [0, 0.05) is 0 Å². The summed E-state index contributed by atoms with van der Waals surface area (Å²) in [6.45, 7) is 0. The molecule has 1 saturated carbocycles. The maximum atomic E-state index is 11.7. The fraction of sp³-hybridized carbons (Fsp3) is 0.833.